The minimum absolute atomic E-state index is 0.0814. The summed E-state index contributed by atoms with van der Waals surface area (Å²) in [7, 11) is 1.36. The standard InChI is InChI=1S/C20H20N2O4/c1-25-20(24)13-15-7-9-17(10-8-15)26-14-19(23)22-12-11-18(21-22)16-5-3-2-4-6-16/h2-10H,11-14H2,1H3. The molecule has 0 N–H and O–H groups in total. The van der Waals surface area contributed by atoms with Gasteiger partial charge in [0.1, 0.15) is 5.75 Å². The van der Waals surface area contributed by atoms with Crippen LogP contribution in [0.5, 0.6) is 5.75 Å². The van der Waals surface area contributed by atoms with Gasteiger partial charge in [-0.1, -0.05) is 42.5 Å². The van der Waals surface area contributed by atoms with Crippen LogP contribution in [0.4, 0.5) is 0 Å². The van der Waals surface area contributed by atoms with Gasteiger partial charge in [-0.25, -0.2) is 5.01 Å². The molecule has 0 unspecified atom stereocenters. The summed E-state index contributed by atoms with van der Waals surface area (Å²) in [5.74, 6) is 0.0861. The number of benzene rings is 2. The molecule has 0 fully saturated rings. The van der Waals surface area contributed by atoms with E-state index in [1.165, 1.54) is 12.1 Å². The summed E-state index contributed by atoms with van der Waals surface area (Å²) >= 11 is 0. The smallest absolute Gasteiger partial charge is 0.309 e. The molecule has 6 nitrogen and oxygen atoms in total. The predicted octanol–water partition coefficient (Wildman–Crippen LogP) is 2.42. The number of esters is 1. The van der Waals surface area contributed by atoms with E-state index in [9.17, 15) is 9.59 Å². The first kappa shape index (κ1) is 17.7. The van der Waals surface area contributed by atoms with Crippen LogP contribution in [-0.4, -0.2) is 42.9 Å². The van der Waals surface area contributed by atoms with Gasteiger partial charge in [0.05, 0.1) is 25.8 Å². The van der Waals surface area contributed by atoms with Gasteiger partial charge in [-0.2, -0.15) is 5.10 Å². The van der Waals surface area contributed by atoms with Crippen LogP contribution >= 0.6 is 0 Å². The molecule has 0 spiro atoms. The van der Waals surface area contributed by atoms with Gasteiger partial charge in [0, 0.05) is 6.42 Å². The number of ether oxygens (including phenoxy) is 2. The molecule has 1 aliphatic rings. The average Bonchev–Trinajstić information content (AvgIpc) is 3.18. The molecule has 1 heterocycles. The highest BCUT2D eigenvalue weighted by molar-refractivity contribution is 6.02. The highest BCUT2D eigenvalue weighted by atomic mass is 16.5. The first-order chi connectivity index (χ1) is 12.7. The molecule has 0 radical (unpaired) electrons. The molecule has 0 atom stereocenters. The lowest BCUT2D eigenvalue weighted by atomic mass is 10.1. The van der Waals surface area contributed by atoms with Crippen molar-refractivity contribution in [1.82, 2.24) is 5.01 Å². The van der Waals surface area contributed by atoms with Crippen LogP contribution in [0.2, 0.25) is 0 Å². The fourth-order valence-corrected chi connectivity index (χ4v) is 2.63. The van der Waals surface area contributed by atoms with Crippen molar-refractivity contribution in [2.24, 2.45) is 5.10 Å². The van der Waals surface area contributed by atoms with E-state index in [-0.39, 0.29) is 24.9 Å². The third-order valence-corrected chi connectivity index (χ3v) is 4.06. The van der Waals surface area contributed by atoms with E-state index < -0.39 is 0 Å². The van der Waals surface area contributed by atoms with E-state index in [1.54, 1.807) is 24.3 Å². The van der Waals surface area contributed by atoms with Crippen LogP contribution in [0.1, 0.15) is 17.5 Å². The van der Waals surface area contributed by atoms with Gasteiger partial charge in [-0.15, -0.1) is 0 Å². The molecule has 1 amide bonds. The van der Waals surface area contributed by atoms with Crippen molar-refractivity contribution in [2.45, 2.75) is 12.8 Å². The fourth-order valence-electron chi connectivity index (χ4n) is 2.63. The van der Waals surface area contributed by atoms with Crippen LogP contribution in [0.25, 0.3) is 0 Å². The lowest BCUT2D eigenvalue weighted by Crippen LogP contribution is -2.28. The Balaban J connectivity index is 1.53. The number of hydrogen-bond acceptors (Lipinski definition) is 5. The Morgan fingerprint density at radius 1 is 1.08 bits per heavy atom. The molecule has 0 aromatic heterocycles. The number of amides is 1. The number of hydrogen-bond donors (Lipinski definition) is 0. The van der Waals surface area contributed by atoms with Gasteiger partial charge >= 0.3 is 5.97 Å². The predicted molar refractivity (Wildman–Crippen MR) is 97.0 cm³/mol. The van der Waals surface area contributed by atoms with Gasteiger partial charge in [-0.3, -0.25) is 9.59 Å². The zero-order chi connectivity index (χ0) is 18.4. The summed E-state index contributed by atoms with van der Waals surface area (Å²) in [4.78, 5) is 23.5. The maximum atomic E-state index is 12.3. The van der Waals surface area contributed by atoms with Crippen LogP contribution in [0.3, 0.4) is 0 Å². The maximum Gasteiger partial charge on any atom is 0.309 e. The quantitative estimate of drug-likeness (QED) is 0.749. The first-order valence-corrected chi connectivity index (χ1v) is 8.37. The van der Waals surface area contributed by atoms with E-state index in [4.69, 9.17) is 4.74 Å². The molecule has 1 aliphatic heterocycles. The van der Waals surface area contributed by atoms with E-state index in [0.29, 0.717) is 12.3 Å². The lowest BCUT2D eigenvalue weighted by molar-refractivity contribution is -0.139. The molecule has 0 aliphatic carbocycles. The molecule has 0 saturated heterocycles. The third kappa shape index (κ3) is 4.47. The largest absolute Gasteiger partial charge is 0.484 e. The summed E-state index contributed by atoms with van der Waals surface area (Å²) in [6.07, 6.45) is 0.943. The van der Waals surface area contributed by atoms with E-state index in [0.717, 1.165) is 23.3 Å². The van der Waals surface area contributed by atoms with Crippen LogP contribution < -0.4 is 4.74 Å². The monoisotopic (exact) mass is 352 g/mol. The first-order valence-electron chi connectivity index (χ1n) is 8.37. The topological polar surface area (TPSA) is 68.2 Å². The number of carbonyl (C=O) groups is 2. The maximum absolute atomic E-state index is 12.3. The van der Waals surface area contributed by atoms with E-state index in [1.807, 2.05) is 30.3 Å². The normalized spacial score (nSPS) is 13.3. The van der Waals surface area contributed by atoms with Gasteiger partial charge in [0.2, 0.25) is 0 Å². The second-order valence-corrected chi connectivity index (χ2v) is 5.87. The Kier molecular flexibility index (Phi) is 5.63. The molecule has 0 bridgehead atoms. The number of hydrazone groups is 1. The van der Waals surface area contributed by atoms with Gasteiger partial charge in [0.25, 0.3) is 5.91 Å². The lowest BCUT2D eigenvalue weighted by Gasteiger charge is -2.12. The minimum atomic E-state index is -0.296. The second kappa shape index (κ2) is 8.29. The molecular weight excluding hydrogens is 332 g/mol. The van der Waals surface area contributed by atoms with Crippen molar-refractivity contribution in [2.75, 3.05) is 20.3 Å². The van der Waals surface area contributed by atoms with Gasteiger partial charge < -0.3 is 9.47 Å². The van der Waals surface area contributed by atoms with Crippen molar-refractivity contribution in [3.8, 4) is 5.75 Å². The number of carbonyl (C=O) groups excluding carboxylic acids is 2. The summed E-state index contributed by atoms with van der Waals surface area (Å²) in [6.45, 7) is 0.479. The number of rotatable bonds is 6. The summed E-state index contributed by atoms with van der Waals surface area (Å²) < 4.78 is 10.2. The van der Waals surface area contributed by atoms with Gasteiger partial charge in [-0.05, 0) is 23.3 Å². The fraction of sp³-hybridized carbons (Fsp3) is 0.250. The van der Waals surface area contributed by atoms with Crippen LogP contribution in [0, 0.1) is 0 Å². The SMILES string of the molecule is COC(=O)Cc1ccc(OCC(=O)N2CCC(c3ccccc3)=N2)cc1. The van der Waals surface area contributed by atoms with E-state index in [2.05, 4.69) is 9.84 Å². The molecule has 134 valence electrons. The summed E-state index contributed by atoms with van der Waals surface area (Å²) in [5.41, 5.74) is 2.77. The Morgan fingerprint density at radius 3 is 2.50 bits per heavy atom. The highest BCUT2D eigenvalue weighted by Gasteiger charge is 2.21. The minimum Gasteiger partial charge on any atom is -0.484 e. The molecule has 6 heteroatoms. The Labute approximate surface area is 152 Å². The molecule has 3 rings (SSSR count). The summed E-state index contributed by atoms with van der Waals surface area (Å²) in [6, 6.07) is 16.8. The average molecular weight is 352 g/mol. The molecule has 0 saturated carbocycles. The van der Waals surface area contributed by atoms with E-state index >= 15 is 0 Å². The Hall–Kier alpha value is -3.15. The molecule has 26 heavy (non-hydrogen) atoms. The van der Waals surface area contributed by atoms with Crippen LogP contribution in [0.15, 0.2) is 59.7 Å². The number of methoxy groups -OCH3 is 1. The van der Waals surface area contributed by atoms with Crippen molar-refractivity contribution >= 4 is 17.6 Å². The Bertz CT molecular complexity index is 800. The van der Waals surface area contributed by atoms with Crippen molar-refractivity contribution in [3.05, 3.63) is 65.7 Å². The van der Waals surface area contributed by atoms with Crippen molar-refractivity contribution in [1.29, 1.82) is 0 Å². The van der Waals surface area contributed by atoms with Crippen LogP contribution in [-0.2, 0) is 20.7 Å². The molecule has 2 aromatic carbocycles. The summed E-state index contributed by atoms with van der Waals surface area (Å²) in [5, 5.41) is 5.85. The third-order valence-electron chi connectivity index (χ3n) is 4.06. The van der Waals surface area contributed by atoms with Crippen molar-refractivity contribution in [3.63, 3.8) is 0 Å². The molecule has 2 aromatic rings. The highest BCUT2D eigenvalue weighted by Crippen LogP contribution is 2.16. The zero-order valence-corrected chi connectivity index (χ0v) is 14.6. The van der Waals surface area contributed by atoms with Gasteiger partial charge in [0.15, 0.2) is 6.61 Å². The second-order valence-electron chi connectivity index (χ2n) is 5.87. The molecular formula is C20H20N2O4. The Morgan fingerprint density at radius 2 is 1.81 bits per heavy atom. The van der Waals surface area contributed by atoms with Crippen molar-refractivity contribution < 1.29 is 19.1 Å². The zero-order valence-electron chi connectivity index (χ0n) is 14.6. The number of nitrogens with zero attached hydrogens (tertiary/aromatic N) is 2.